The van der Waals surface area contributed by atoms with E-state index in [4.69, 9.17) is 4.74 Å². The van der Waals surface area contributed by atoms with Crippen LogP contribution in [0.5, 0.6) is 0 Å². The van der Waals surface area contributed by atoms with Gasteiger partial charge in [-0.2, -0.15) is 0 Å². The van der Waals surface area contributed by atoms with Gasteiger partial charge in [0.05, 0.1) is 13.2 Å². The minimum atomic E-state index is -0.181. The smallest absolute Gasteiger partial charge is 0.123 e. The van der Waals surface area contributed by atoms with E-state index < -0.39 is 0 Å². The molecule has 1 aliphatic carbocycles. The molecule has 0 atom stereocenters. The fraction of sp³-hybridized carbons (Fsp3) is 0.294. The lowest BCUT2D eigenvalue weighted by Gasteiger charge is -2.16. The largest absolute Gasteiger partial charge is 0.376 e. The van der Waals surface area contributed by atoms with Crippen molar-refractivity contribution >= 4 is 15.9 Å². The van der Waals surface area contributed by atoms with Crippen molar-refractivity contribution < 1.29 is 9.13 Å². The molecule has 1 saturated carbocycles. The minimum Gasteiger partial charge on any atom is -0.376 e. The summed E-state index contributed by atoms with van der Waals surface area (Å²) in [6.07, 6.45) is 2.24. The highest BCUT2D eigenvalue weighted by Gasteiger charge is 2.44. The van der Waals surface area contributed by atoms with Crippen molar-refractivity contribution in [2.24, 2.45) is 0 Å². The van der Waals surface area contributed by atoms with Gasteiger partial charge in [-0.1, -0.05) is 40.2 Å². The van der Waals surface area contributed by atoms with E-state index in [1.165, 1.54) is 17.7 Å². The van der Waals surface area contributed by atoms with Gasteiger partial charge in [-0.25, -0.2) is 4.39 Å². The summed E-state index contributed by atoms with van der Waals surface area (Å²) >= 11 is 3.46. The molecule has 1 aliphatic rings. The molecule has 2 aromatic rings. The molecular formula is C17H16BrFO. The molecule has 3 heteroatoms. The van der Waals surface area contributed by atoms with Crippen LogP contribution >= 0.6 is 15.9 Å². The highest BCUT2D eigenvalue weighted by Crippen LogP contribution is 2.48. The van der Waals surface area contributed by atoms with E-state index in [9.17, 15) is 4.39 Å². The minimum absolute atomic E-state index is 0.111. The van der Waals surface area contributed by atoms with Crippen LogP contribution in [-0.2, 0) is 16.8 Å². The molecule has 0 heterocycles. The molecule has 2 aromatic carbocycles. The number of hydrogen-bond donors (Lipinski definition) is 0. The highest BCUT2D eigenvalue weighted by atomic mass is 79.9. The highest BCUT2D eigenvalue weighted by molar-refractivity contribution is 9.10. The summed E-state index contributed by atoms with van der Waals surface area (Å²) in [5, 5.41) is 0. The quantitative estimate of drug-likeness (QED) is 0.760. The van der Waals surface area contributed by atoms with Gasteiger partial charge < -0.3 is 4.74 Å². The summed E-state index contributed by atoms with van der Waals surface area (Å²) in [5.74, 6) is -0.181. The summed E-state index contributed by atoms with van der Waals surface area (Å²) in [4.78, 5) is 0. The summed E-state index contributed by atoms with van der Waals surface area (Å²) in [7, 11) is 0. The molecule has 1 nitrogen and oxygen atoms in total. The van der Waals surface area contributed by atoms with Crippen LogP contribution in [0.25, 0.3) is 0 Å². The van der Waals surface area contributed by atoms with E-state index in [0.29, 0.717) is 13.2 Å². The van der Waals surface area contributed by atoms with Gasteiger partial charge in [-0.15, -0.1) is 0 Å². The van der Waals surface area contributed by atoms with Crippen LogP contribution in [0.4, 0.5) is 4.39 Å². The fourth-order valence-corrected chi connectivity index (χ4v) is 2.91. The SMILES string of the molecule is Fc1ccc(C2(COCc3cccc(Br)c3)CC2)cc1. The van der Waals surface area contributed by atoms with Gasteiger partial charge in [-0.05, 0) is 48.2 Å². The predicted octanol–water partition coefficient (Wildman–Crippen LogP) is 4.84. The third-order valence-corrected chi connectivity index (χ3v) is 4.34. The lowest BCUT2D eigenvalue weighted by atomic mass is 9.97. The van der Waals surface area contributed by atoms with Crippen molar-refractivity contribution in [3.05, 3.63) is 69.9 Å². The zero-order chi connectivity index (χ0) is 14.0. The summed E-state index contributed by atoms with van der Waals surface area (Å²) in [6, 6.07) is 15.0. The lowest BCUT2D eigenvalue weighted by molar-refractivity contribution is 0.100. The zero-order valence-corrected chi connectivity index (χ0v) is 12.7. The Hall–Kier alpha value is -1.19. The van der Waals surface area contributed by atoms with Crippen LogP contribution in [0.2, 0.25) is 0 Å². The van der Waals surface area contributed by atoms with Crippen molar-refractivity contribution in [2.45, 2.75) is 24.9 Å². The molecular weight excluding hydrogens is 319 g/mol. The number of hydrogen-bond acceptors (Lipinski definition) is 1. The van der Waals surface area contributed by atoms with E-state index >= 15 is 0 Å². The third-order valence-electron chi connectivity index (χ3n) is 3.85. The molecule has 104 valence electrons. The molecule has 0 bridgehead atoms. The number of benzene rings is 2. The molecule has 0 unspecified atom stereocenters. The molecule has 0 radical (unpaired) electrons. The Balaban J connectivity index is 1.59. The molecule has 20 heavy (non-hydrogen) atoms. The molecule has 0 saturated heterocycles. The number of rotatable bonds is 5. The van der Waals surface area contributed by atoms with Crippen LogP contribution in [0.1, 0.15) is 24.0 Å². The Labute approximate surface area is 126 Å². The average Bonchev–Trinajstić information content (AvgIpc) is 3.21. The Kier molecular flexibility index (Phi) is 3.90. The fourth-order valence-electron chi connectivity index (χ4n) is 2.46. The van der Waals surface area contributed by atoms with Gasteiger partial charge >= 0.3 is 0 Å². The van der Waals surface area contributed by atoms with Crippen LogP contribution in [0.3, 0.4) is 0 Å². The van der Waals surface area contributed by atoms with Crippen LogP contribution in [-0.4, -0.2) is 6.61 Å². The summed E-state index contributed by atoms with van der Waals surface area (Å²) < 4.78 is 19.9. The van der Waals surface area contributed by atoms with E-state index in [1.54, 1.807) is 0 Å². The Bertz CT molecular complexity index is 590. The molecule has 1 fully saturated rings. The molecule has 0 N–H and O–H groups in total. The average molecular weight is 335 g/mol. The summed E-state index contributed by atoms with van der Waals surface area (Å²) in [6.45, 7) is 1.31. The van der Waals surface area contributed by atoms with E-state index in [0.717, 1.165) is 22.9 Å². The Morgan fingerprint density at radius 3 is 2.50 bits per heavy atom. The van der Waals surface area contributed by atoms with Crippen molar-refractivity contribution in [3.63, 3.8) is 0 Å². The van der Waals surface area contributed by atoms with Gasteiger partial charge in [0.25, 0.3) is 0 Å². The monoisotopic (exact) mass is 334 g/mol. The second kappa shape index (κ2) is 5.66. The Morgan fingerprint density at radius 1 is 1.10 bits per heavy atom. The van der Waals surface area contributed by atoms with Crippen molar-refractivity contribution in [3.8, 4) is 0 Å². The van der Waals surface area contributed by atoms with Crippen molar-refractivity contribution in [1.29, 1.82) is 0 Å². The number of ether oxygens (including phenoxy) is 1. The maximum atomic E-state index is 13.0. The van der Waals surface area contributed by atoms with Crippen molar-refractivity contribution in [2.75, 3.05) is 6.61 Å². The topological polar surface area (TPSA) is 9.23 Å². The second-order valence-electron chi connectivity index (χ2n) is 5.41. The maximum absolute atomic E-state index is 13.0. The first kappa shape index (κ1) is 13.8. The molecule has 0 aromatic heterocycles. The number of halogens is 2. The van der Waals surface area contributed by atoms with Crippen molar-refractivity contribution in [1.82, 2.24) is 0 Å². The van der Waals surface area contributed by atoms with Gasteiger partial charge in [0.1, 0.15) is 5.82 Å². The van der Waals surface area contributed by atoms with E-state index in [-0.39, 0.29) is 11.2 Å². The van der Waals surface area contributed by atoms with E-state index in [2.05, 4.69) is 28.1 Å². The van der Waals surface area contributed by atoms with Gasteiger partial charge in [0, 0.05) is 9.89 Å². The maximum Gasteiger partial charge on any atom is 0.123 e. The Morgan fingerprint density at radius 2 is 1.85 bits per heavy atom. The van der Waals surface area contributed by atoms with Crippen LogP contribution < -0.4 is 0 Å². The molecule has 3 rings (SSSR count). The van der Waals surface area contributed by atoms with Gasteiger partial charge in [-0.3, -0.25) is 0 Å². The third kappa shape index (κ3) is 3.10. The molecule has 0 aliphatic heterocycles. The molecule has 0 spiro atoms. The van der Waals surface area contributed by atoms with Gasteiger partial charge in [0.2, 0.25) is 0 Å². The zero-order valence-electron chi connectivity index (χ0n) is 11.1. The first-order valence-corrected chi connectivity index (χ1v) is 7.56. The molecule has 0 amide bonds. The second-order valence-corrected chi connectivity index (χ2v) is 6.33. The van der Waals surface area contributed by atoms with E-state index in [1.807, 2.05) is 24.3 Å². The normalized spacial score (nSPS) is 16.1. The lowest BCUT2D eigenvalue weighted by Crippen LogP contribution is -2.15. The standard InChI is InChI=1S/C17H16BrFO/c18-15-3-1-2-13(10-15)11-20-12-17(8-9-17)14-4-6-16(19)7-5-14/h1-7,10H,8-9,11-12H2. The van der Waals surface area contributed by atoms with Crippen LogP contribution in [0.15, 0.2) is 53.0 Å². The van der Waals surface area contributed by atoms with Gasteiger partial charge in [0.15, 0.2) is 0 Å². The summed E-state index contributed by atoms with van der Waals surface area (Å²) in [5.41, 5.74) is 2.46. The predicted molar refractivity (Wildman–Crippen MR) is 81.1 cm³/mol. The first-order valence-electron chi connectivity index (χ1n) is 6.76. The first-order chi connectivity index (χ1) is 9.68. The van der Waals surface area contributed by atoms with Crippen LogP contribution in [0, 0.1) is 5.82 Å².